The molecule has 0 atom stereocenters. The standard InChI is InChI=1S/C17H14FIN4/c1-21-8-13(17(20)12-4-2-3-5-14(12)18)11-6-7-16-22-9-15(19)23(16)10-11/h2-10H,20H2,1H3. The Morgan fingerprint density at radius 1 is 1.30 bits per heavy atom. The van der Waals surface area contributed by atoms with E-state index in [2.05, 4.69) is 32.6 Å². The summed E-state index contributed by atoms with van der Waals surface area (Å²) in [6.45, 7) is 0. The summed E-state index contributed by atoms with van der Waals surface area (Å²) in [5.74, 6) is -0.356. The molecule has 23 heavy (non-hydrogen) atoms. The molecule has 2 aromatic heterocycles. The Labute approximate surface area is 146 Å². The highest BCUT2D eigenvalue weighted by molar-refractivity contribution is 14.1. The summed E-state index contributed by atoms with van der Waals surface area (Å²) < 4.78 is 17.0. The van der Waals surface area contributed by atoms with E-state index in [4.69, 9.17) is 5.73 Å². The summed E-state index contributed by atoms with van der Waals surface area (Å²) in [5, 5.41) is 0. The number of nitrogens with zero attached hydrogens (tertiary/aromatic N) is 3. The Bertz CT molecular complexity index is 927. The first kappa shape index (κ1) is 15.7. The van der Waals surface area contributed by atoms with Crippen LogP contribution >= 0.6 is 22.6 Å². The van der Waals surface area contributed by atoms with Crippen molar-refractivity contribution in [1.29, 1.82) is 0 Å². The Balaban J connectivity index is 2.22. The summed E-state index contributed by atoms with van der Waals surface area (Å²) in [4.78, 5) is 8.36. The number of aliphatic imine (C=N–C) groups is 1. The third-order valence-corrected chi connectivity index (χ3v) is 4.28. The summed E-state index contributed by atoms with van der Waals surface area (Å²) >= 11 is 2.21. The van der Waals surface area contributed by atoms with Gasteiger partial charge in [-0.1, -0.05) is 12.1 Å². The normalized spacial score (nSPS) is 12.8. The molecule has 0 bridgehead atoms. The SMILES string of the molecule is CN=CC(=C(N)c1ccccc1F)c1ccc2ncc(I)n2c1. The number of imidazole rings is 1. The number of benzene rings is 1. The number of fused-ring (bicyclic) bond motifs is 1. The molecule has 0 amide bonds. The van der Waals surface area contributed by atoms with Gasteiger partial charge in [-0.2, -0.15) is 0 Å². The molecule has 0 aliphatic carbocycles. The van der Waals surface area contributed by atoms with Crippen LogP contribution in [0, 0.1) is 9.52 Å². The van der Waals surface area contributed by atoms with Gasteiger partial charge < -0.3 is 5.73 Å². The largest absolute Gasteiger partial charge is 0.398 e. The van der Waals surface area contributed by atoms with Gasteiger partial charge in [0, 0.05) is 36.2 Å². The fourth-order valence-electron chi connectivity index (χ4n) is 2.36. The van der Waals surface area contributed by atoms with E-state index in [1.54, 1.807) is 37.7 Å². The highest BCUT2D eigenvalue weighted by atomic mass is 127. The maximum atomic E-state index is 14.0. The number of nitrogens with two attached hydrogens (primary N) is 1. The van der Waals surface area contributed by atoms with Crippen LogP contribution in [0.25, 0.3) is 16.9 Å². The van der Waals surface area contributed by atoms with Crippen molar-refractivity contribution in [3.05, 3.63) is 69.4 Å². The molecule has 0 spiro atoms. The maximum Gasteiger partial charge on any atom is 0.137 e. The number of pyridine rings is 1. The lowest BCUT2D eigenvalue weighted by Crippen LogP contribution is -2.05. The predicted molar refractivity (Wildman–Crippen MR) is 99.7 cm³/mol. The second kappa shape index (κ2) is 6.49. The Morgan fingerprint density at radius 3 is 2.83 bits per heavy atom. The number of allylic oxidation sites excluding steroid dienone is 1. The lowest BCUT2D eigenvalue weighted by Gasteiger charge is -2.10. The minimum atomic E-state index is -0.356. The van der Waals surface area contributed by atoms with E-state index in [1.807, 2.05) is 22.7 Å². The topological polar surface area (TPSA) is 55.7 Å². The molecule has 3 rings (SSSR count). The zero-order chi connectivity index (χ0) is 16.4. The molecule has 0 aliphatic heterocycles. The van der Waals surface area contributed by atoms with Crippen LogP contribution in [0.15, 0.2) is 53.8 Å². The van der Waals surface area contributed by atoms with Crippen LogP contribution in [0.4, 0.5) is 4.39 Å². The van der Waals surface area contributed by atoms with Crippen molar-refractivity contribution in [2.24, 2.45) is 10.7 Å². The maximum absolute atomic E-state index is 14.0. The van der Waals surface area contributed by atoms with E-state index in [1.165, 1.54) is 6.07 Å². The number of rotatable bonds is 3. The van der Waals surface area contributed by atoms with Crippen LogP contribution in [-0.4, -0.2) is 22.6 Å². The summed E-state index contributed by atoms with van der Waals surface area (Å²) in [6, 6.07) is 10.3. The molecule has 0 fully saturated rings. The average Bonchev–Trinajstić information content (AvgIpc) is 2.93. The van der Waals surface area contributed by atoms with Gasteiger partial charge in [-0.15, -0.1) is 0 Å². The molecule has 6 heteroatoms. The number of hydrogen-bond donors (Lipinski definition) is 1. The molecule has 0 saturated heterocycles. The first-order valence-electron chi connectivity index (χ1n) is 6.91. The van der Waals surface area contributed by atoms with Crippen LogP contribution in [0.2, 0.25) is 0 Å². The number of halogens is 2. The van der Waals surface area contributed by atoms with Gasteiger partial charge >= 0.3 is 0 Å². The lowest BCUT2D eigenvalue weighted by molar-refractivity contribution is 0.624. The minimum absolute atomic E-state index is 0.350. The molecule has 3 aromatic rings. The Kier molecular flexibility index (Phi) is 4.42. The number of hydrogen-bond acceptors (Lipinski definition) is 3. The van der Waals surface area contributed by atoms with Gasteiger partial charge in [-0.25, -0.2) is 9.37 Å². The molecule has 0 radical (unpaired) electrons. The fourth-order valence-corrected chi connectivity index (χ4v) is 2.89. The third kappa shape index (κ3) is 2.98. The number of aromatic nitrogens is 2. The van der Waals surface area contributed by atoms with E-state index >= 15 is 0 Å². The van der Waals surface area contributed by atoms with Crippen molar-refractivity contribution < 1.29 is 4.39 Å². The van der Waals surface area contributed by atoms with E-state index < -0.39 is 0 Å². The second-order valence-electron chi connectivity index (χ2n) is 4.92. The molecule has 0 unspecified atom stereocenters. The van der Waals surface area contributed by atoms with Gasteiger partial charge in [0.05, 0.1) is 11.9 Å². The zero-order valence-electron chi connectivity index (χ0n) is 12.4. The smallest absolute Gasteiger partial charge is 0.137 e. The monoisotopic (exact) mass is 420 g/mol. The quantitative estimate of drug-likeness (QED) is 0.520. The van der Waals surface area contributed by atoms with Crippen molar-refractivity contribution in [2.45, 2.75) is 0 Å². The predicted octanol–water partition coefficient (Wildman–Crippen LogP) is 3.61. The fraction of sp³-hybridized carbons (Fsp3) is 0.0588. The van der Waals surface area contributed by atoms with Crippen molar-refractivity contribution in [3.63, 3.8) is 0 Å². The minimum Gasteiger partial charge on any atom is -0.398 e. The van der Waals surface area contributed by atoms with Crippen molar-refractivity contribution in [3.8, 4) is 0 Å². The molecule has 4 nitrogen and oxygen atoms in total. The summed E-state index contributed by atoms with van der Waals surface area (Å²) in [5.41, 5.74) is 9.31. The van der Waals surface area contributed by atoms with Crippen molar-refractivity contribution in [2.75, 3.05) is 7.05 Å². The van der Waals surface area contributed by atoms with Crippen LogP contribution in [-0.2, 0) is 0 Å². The lowest BCUT2D eigenvalue weighted by atomic mass is 10.0. The van der Waals surface area contributed by atoms with Crippen LogP contribution < -0.4 is 5.73 Å². The molecule has 0 saturated carbocycles. The first-order valence-corrected chi connectivity index (χ1v) is 7.99. The Morgan fingerprint density at radius 2 is 2.09 bits per heavy atom. The summed E-state index contributed by atoms with van der Waals surface area (Å²) in [7, 11) is 1.66. The highest BCUT2D eigenvalue weighted by Gasteiger charge is 2.12. The molecule has 0 aliphatic rings. The van der Waals surface area contributed by atoms with Gasteiger partial charge in [0.1, 0.15) is 15.2 Å². The average molecular weight is 420 g/mol. The zero-order valence-corrected chi connectivity index (χ0v) is 14.5. The van der Waals surface area contributed by atoms with Crippen molar-refractivity contribution >= 4 is 45.7 Å². The molecular weight excluding hydrogens is 406 g/mol. The van der Waals surface area contributed by atoms with Gasteiger partial charge in [0.2, 0.25) is 0 Å². The Hall–Kier alpha value is -2.22. The molecule has 116 valence electrons. The van der Waals surface area contributed by atoms with Gasteiger partial charge in [0.25, 0.3) is 0 Å². The van der Waals surface area contributed by atoms with Gasteiger partial charge in [-0.05, 0) is 46.9 Å². The first-order chi connectivity index (χ1) is 11.1. The third-order valence-electron chi connectivity index (χ3n) is 3.48. The highest BCUT2D eigenvalue weighted by Crippen LogP contribution is 2.24. The van der Waals surface area contributed by atoms with Crippen LogP contribution in [0.5, 0.6) is 0 Å². The molecular formula is C17H14FIN4. The molecule has 2 heterocycles. The van der Waals surface area contributed by atoms with Crippen molar-refractivity contribution in [1.82, 2.24) is 9.38 Å². The van der Waals surface area contributed by atoms with Crippen LogP contribution in [0.1, 0.15) is 11.1 Å². The molecule has 1 aromatic carbocycles. The van der Waals surface area contributed by atoms with E-state index in [-0.39, 0.29) is 5.82 Å². The molecule has 2 N–H and O–H groups in total. The summed E-state index contributed by atoms with van der Waals surface area (Å²) in [6.07, 6.45) is 5.36. The second-order valence-corrected chi connectivity index (χ2v) is 6.03. The van der Waals surface area contributed by atoms with Gasteiger partial charge in [-0.3, -0.25) is 9.39 Å². The van der Waals surface area contributed by atoms with E-state index in [9.17, 15) is 4.39 Å². The van der Waals surface area contributed by atoms with E-state index in [0.717, 1.165) is 14.9 Å². The van der Waals surface area contributed by atoms with Crippen LogP contribution in [0.3, 0.4) is 0 Å². The van der Waals surface area contributed by atoms with Gasteiger partial charge in [0.15, 0.2) is 0 Å². The van der Waals surface area contributed by atoms with E-state index in [0.29, 0.717) is 16.8 Å².